The first-order valence-corrected chi connectivity index (χ1v) is 4.30. The molecule has 0 unspecified atom stereocenters. The van der Waals surface area contributed by atoms with E-state index in [1.54, 1.807) is 11.0 Å². The molecule has 0 bridgehead atoms. The number of fused-ring (bicyclic) bond motifs is 3. The maximum Gasteiger partial charge on any atom is 0.304 e. The molecule has 3 rings (SSSR count). The number of amidine groups is 1. The number of rotatable bonds is 1. The largest absolute Gasteiger partial charge is 0.439 e. The summed E-state index contributed by atoms with van der Waals surface area (Å²) in [7, 11) is 0. The van der Waals surface area contributed by atoms with Crippen LogP contribution in [0.1, 0.15) is 5.76 Å². The van der Waals surface area contributed by atoms with Crippen LogP contribution in [0.4, 0.5) is 5.88 Å². The smallest absolute Gasteiger partial charge is 0.304 e. The Morgan fingerprint density at radius 1 is 1.57 bits per heavy atom. The van der Waals surface area contributed by atoms with Gasteiger partial charge in [-0.2, -0.15) is 0 Å². The van der Waals surface area contributed by atoms with E-state index in [0.717, 1.165) is 0 Å². The summed E-state index contributed by atoms with van der Waals surface area (Å²) in [5.41, 5.74) is 0. The van der Waals surface area contributed by atoms with E-state index < -0.39 is 0 Å². The Bertz CT molecular complexity index is 433. The van der Waals surface area contributed by atoms with E-state index in [2.05, 4.69) is 4.99 Å². The summed E-state index contributed by atoms with van der Waals surface area (Å²) >= 11 is 0. The first-order valence-electron chi connectivity index (χ1n) is 4.30. The fourth-order valence-electron chi connectivity index (χ4n) is 1.49. The van der Waals surface area contributed by atoms with Gasteiger partial charge in [-0.3, -0.25) is 0 Å². The standard InChI is InChI=1S/C9H8N2O3/c12-5-6-4-7-8(13-6)11-3-1-2-10-9(11)14-7/h1,3-4,12H,2,5H2. The van der Waals surface area contributed by atoms with Crippen LogP contribution in [0.5, 0.6) is 5.75 Å². The highest BCUT2D eigenvalue weighted by Crippen LogP contribution is 2.39. The summed E-state index contributed by atoms with van der Waals surface area (Å²) in [5.74, 6) is 1.69. The number of anilines is 1. The van der Waals surface area contributed by atoms with Crippen molar-refractivity contribution >= 4 is 11.9 Å². The normalized spacial score (nSPS) is 17.5. The summed E-state index contributed by atoms with van der Waals surface area (Å²) in [4.78, 5) is 5.87. The number of nitrogens with zero attached hydrogens (tertiary/aromatic N) is 2. The SMILES string of the molecule is OCc1cc2c(o1)N1C=CCN=C1O2. The van der Waals surface area contributed by atoms with Crippen LogP contribution in [0.15, 0.2) is 27.8 Å². The molecule has 0 aliphatic carbocycles. The highest BCUT2D eigenvalue weighted by molar-refractivity contribution is 6.00. The Kier molecular flexibility index (Phi) is 1.43. The number of aliphatic hydroxyl groups excluding tert-OH is 1. The molecule has 2 aliphatic rings. The number of hydrogen-bond donors (Lipinski definition) is 1. The molecule has 1 aromatic rings. The fraction of sp³-hybridized carbons (Fsp3) is 0.222. The van der Waals surface area contributed by atoms with Gasteiger partial charge in [0.15, 0.2) is 5.75 Å². The number of aliphatic hydroxyl groups is 1. The van der Waals surface area contributed by atoms with Gasteiger partial charge < -0.3 is 14.3 Å². The molecular formula is C9H8N2O3. The van der Waals surface area contributed by atoms with E-state index in [9.17, 15) is 0 Å². The minimum Gasteiger partial charge on any atom is -0.439 e. The van der Waals surface area contributed by atoms with Crippen LogP contribution >= 0.6 is 0 Å². The Hall–Kier alpha value is -1.75. The Morgan fingerprint density at radius 2 is 2.50 bits per heavy atom. The predicted molar refractivity (Wildman–Crippen MR) is 49.2 cm³/mol. The van der Waals surface area contributed by atoms with Crippen LogP contribution in [0, 0.1) is 0 Å². The van der Waals surface area contributed by atoms with Gasteiger partial charge in [0.1, 0.15) is 12.4 Å². The molecule has 72 valence electrons. The molecule has 14 heavy (non-hydrogen) atoms. The molecule has 1 N–H and O–H groups in total. The van der Waals surface area contributed by atoms with E-state index in [4.69, 9.17) is 14.3 Å². The van der Waals surface area contributed by atoms with Crippen molar-refractivity contribution in [2.45, 2.75) is 6.61 Å². The summed E-state index contributed by atoms with van der Waals surface area (Å²) in [5, 5.41) is 8.87. The van der Waals surface area contributed by atoms with Crippen molar-refractivity contribution in [3.63, 3.8) is 0 Å². The zero-order chi connectivity index (χ0) is 9.54. The molecule has 5 heteroatoms. The molecule has 0 atom stereocenters. The van der Waals surface area contributed by atoms with E-state index >= 15 is 0 Å². The number of ether oxygens (including phenoxy) is 1. The molecule has 0 spiro atoms. The molecule has 0 amide bonds. The van der Waals surface area contributed by atoms with Crippen LogP contribution in [0.2, 0.25) is 0 Å². The minimum atomic E-state index is -0.125. The maximum absolute atomic E-state index is 8.87. The zero-order valence-electron chi connectivity index (χ0n) is 7.30. The number of furan rings is 1. The first kappa shape index (κ1) is 7.64. The van der Waals surface area contributed by atoms with Gasteiger partial charge in [-0.05, 0) is 6.08 Å². The van der Waals surface area contributed by atoms with Gasteiger partial charge in [0.05, 0.1) is 6.54 Å². The van der Waals surface area contributed by atoms with Gasteiger partial charge in [-0.25, -0.2) is 9.89 Å². The Balaban J connectivity index is 2.06. The van der Waals surface area contributed by atoms with Gasteiger partial charge in [0, 0.05) is 12.3 Å². The zero-order valence-corrected chi connectivity index (χ0v) is 7.30. The molecular weight excluding hydrogens is 184 g/mol. The maximum atomic E-state index is 8.87. The second-order valence-electron chi connectivity index (χ2n) is 3.02. The highest BCUT2D eigenvalue weighted by Gasteiger charge is 2.32. The number of hydrogen-bond acceptors (Lipinski definition) is 5. The summed E-state index contributed by atoms with van der Waals surface area (Å²) in [6, 6.07) is 2.20. The Labute approximate surface area is 79.9 Å². The van der Waals surface area contributed by atoms with Crippen molar-refractivity contribution in [1.82, 2.24) is 0 Å². The molecule has 1 aromatic heterocycles. The average molecular weight is 192 g/mol. The van der Waals surface area contributed by atoms with Gasteiger partial charge in [0.25, 0.3) is 5.88 Å². The van der Waals surface area contributed by atoms with E-state index in [0.29, 0.717) is 30.0 Å². The highest BCUT2D eigenvalue weighted by atomic mass is 16.5. The minimum absolute atomic E-state index is 0.125. The summed E-state index contributed by atoms with van der Waals surface area (Å²) in [6.07, 6.45) is 3.75. The monoisotopic (exact) mass is 192 g/mol. The van der Waals surface area contributed by atoms with Crippen molar-refractivity contribution in [3.05, 3.63) is 24.1 Å². The van der Waals surface area contributed by atoms with Gasteiger partial charge in [-0.1, -0.05) is 0 Å². The molecule has 0 radical (unpaired) electrons. The molecule has 5 nitrogen and oxygen atoms in total. The lowest BCUT2D eigenvalue weighted by Crippen LogP contribution is -2.26. The first-order chi connectivity index (χ1) is 6.88. The molecule has 2 aliphatic heterocycles. The fourth-order valence-corrected chi connectivity index (χ4v) is 1.49. The third-order valence-electron chi connectivity index (χ3n) is 2.10. The van der Waals surface area contributed by atoms with Crippen molar-refractivity contribution in [2.75, 3.05) is 11.4 Å². The third kappa shape index (κ3) is 0.898. The summed E-state index contributed by atoms with van der Waals surface area (Å²) < 4.78 is 10.8. The second kappa shape index (κ2) is 2.62. The van der Waals surface area contributed by atoms with Crippen molar-refractivity contribution < 1.29 is 14.3 Å². The second-order valence-corrected chi connectivity index (χ2v) is 3.02. The van der Waals surface area contributed by atoms with Crippen LogP contribution in [0.25, 0.3) is 0 Å². The number of aliphatic imine (C=N–C) groups is 1. The quantitative estimate of drug-likeness (QED) is 0.716. The van der Waals surface area contributed by atoms with Crippen LogP contribution in [-0.4, -0.2) is 17.7 Å². The lowest BCUT2D eigenvalue weighted by atomic mass is 10.4. The van der Waals surface area contributed by atoms with Crippen LogP contribution in [0.3, 0.4) is 0 Å². The van der Waals surface area contributed by atoms with Crippen molar-refractivity contribution in [1.29, 1.82) is 0 Å². The van der Waals surface area contributed by atoms with E-state index in [1.165, 1.54) is 0 Å². The predicted octanol–water partition coefficient (Wildman–Crippen LogP) is 0.854. The lowest BCUT2D eigenvalue weighted by Gasteiger charge is -2.12. The van der Waals surface area contributed by atoms with E-state index in [1.807, 2.05) is 12.3 Å². The molecule has 0 saturated carbocycles. The topological polar surface area (TPSA) is 58.2 Å². The summed E-state index contributed by atoms with van der Waals surface area (Å²) in [6.45, 7) is 0.503. The van der Waals surface area contributed by atoms with Gasteiger partial charge in [0.2, 0.25) is 0 Å². The lowest BCUT2D eigenvalue weighted by molar-refractivity contribution is 0.248. The van der Waals surface area contributed by atoms with Crippen LogP contribution < -0.4 is 9.64 Å². The molecule has 0 aromatic carbocycles. The van der Waals surface area contributed by atoms with Crippen molar-refractivity contribution in [2.24, 2.45) is 4.99 Å². The average Bonchev–Trinajstić information content (AvgIpc) is 2.73. The third-order valence-corrected chi connectivity index (χ3v) is 2.10. The van der Waals surface area contributed by atoms with Gasteiger partial charge in [-0.15, -0.1) is 0 Å². The van der Waals surface area contributed by atoms with Crippen LogP contribution in [-0.2, 0) is 6.61 Å². The van der Waals surface area contributed by atoms with Gasteiger partial charge >= 0.3 is 6.02 Å². The molecule has 0 fully saturated rings. The molecule has 0 saturated heterocycles. The Morgan fingerprint density at radius 3 is 3.36 bits per heavy atom. The van der Waals surface area contributed by atoms with Crippen molar-refractivity contribution in [3.8, 4) is 5.75 Å². The van der Waals surface area contributed by atoms with E-state index in [-0.39, 0.29) is 6.61 Å². The molecule has 3 heterocycles.